The van der Waals surface area contributed by atoms with Crippen LogP contribution in [0.3, 0.4) is 0 Å². The summed E-state index contributed by atoms with van der Waals surface area (Å²) in [7, 11) is 0. The molecule has 2 rings (SSSR count). The average Bonchev–Trinajstić information content (AvgIpc) is 3.11. The molecule has 2 nitrogen and oxygen atoms in total. The van der Waals surface area contributed by atoms with E-state index in [0.717, 1.165) is 6.54 Å². The first kappa shape index (κ1) is 12.8. The van der Waals surface area contributed by atoms with Crippen molar-refractivity contribution in [2.45, 2.75) is 38.4 Å². The van der Waals surface area contributed by atoms with Crippen molar-refractivity contribution in [3.05, 3.63) is 34.6 Å². The van der Waals surface area contributed by atoms with Gasteiger partial charge < -0.3 is 10.6 Å². The van der Waals surface area contributed by atoms with Gasteiger partial charge in [0.25, 0.3) is 0 Å². The molecule has 0 spiro atoms. The maximum absolute atomic E-state index is 13.4. The van der Waals surface area contributed by atoms with Crippen LogP contribution < -0.4 is 10.6 Å². The van der Waals surface area contributed by atoms with Gasteiger partial charge in [0.2, 0.25) is 0 Å². The van der Waals surface area contributed by atoms with Gasteiger partial charge in [-0.25, -0.2) is 4.39 Å². The van der Waals surface area contributed by atoms with Gasteiger partial charge in [-0.2, -0.15) is 0 Å². The molecule has 1 aromatic rings. The fourth-order valence-corrected chi connectivity index (χ4v) is 1.86. The van der Waals surface area contributed by atoms with E-state index < -0.39 is 0 Å². The normalized spacial score (nSPS) is 17.1. The standard InChI is InChI=1S/C13H18ClFN2/c1-9(7-17-12-3-4-12)16-8-10-6-11(14)2-5-13(10)15/h2,5-6,9,12,16-17H,3-4,7-8H2,1H3. The number of hydrogen-bond acceptors (Lipinski definition) is 2. The van der Waals surface area contributed by atoms with Gasteiger partial charge in [-0.15, -0.1) is 0 Å². The van der Waals surface area contributed by atoms with Gasteiger partial charge in [0.1, 0.15) is 5.82 Å². The van der Waals surface area contributed by atoms with E-state index in [9.17, 15) is 4.39 Å². The summed E-state index contributed by atoms with van der Waals surface area (Å²) in [6, 6.07) is 5.69. The Morgan fingerprint density at radius 1 is 1.47 bits per heavy atom. The Bertz CT molecular complexity index is 380. The van der Waals surface area contributed by atoms with Crippen LogP contribution in [0.1, 0.15) is 25.3 Å². The SMILES string of the molecule is CC(CNC1CC1)NCc1cc(Cl)ccc1F. The maximum Gasteiger partial charge on any atom is 0.127 e. The minimum atomic E-state index is -0.204. The van der Waals surface area contributed by atoms with Gasteiger partial charge in [0.15, 0.2) is 0 Å². The molecule has 1 unspecified atom stereocenters. The van der Waals surface area contributed by atoms with Crippen molar-refractivity contribution < 1.29 is 4.39 Å². The molecule has 17 heavy (non-hydrogen) atoms. The minimum Gasteiger partial charge on any atom is -0.312 e. The van der Waals surface area contributed by atoms with Crippen molar-refractivity contribution in [1.82, 2.24) is 10.6 Å². The van der Waals surface area contributed by atoms with Gasteiger partial charge in [0.05, 0.1) is 0 Å². The largest absolute Gasteiger partial charge is 0.312 e. The van der Waals surface area contributed by atoms with Crippen LogP contribution in [-0.2, 0) is 6.54 Å². The van der Waals surface area contributed by atoms with Crippen molar-refractivity contribution in [3.8, 4) is 0 Å². The Balaban J connectivity index is 1.77. The zero-order valence-electron chi connectivity index (χ0n) is 9.97. The molecule has 1 aliphatic rings. The third-order valence-electron chi connectivity index (χ3n) is 2.94. The lowest BCUT2D eigenvalue weighted by atomic mass is 10.2. The van der Waals surface area contributed by atoms with Crippen molar-refractivity contribution in [2.24, 2.45) is 0 Å². The Morgan fingerprint density at radius 2 is 2.24 bits per heavy atom. The molecule has 1 atom stereocenters. The van der Waals surface area contributed by atoms with Gasteiger partial charge in [0, 0.05) is 35.8 Å². The summed E-state index contributed by atoms with van der Waals surface area (Å²) in [5, 5.41) is 7.30. The molecule has 2 N–H and O–H groups in total. The highest BCUT2D eigenvalue weighted by Crippen LogP contribution is 2.18. The summed E-state index contributed by atoms with van der Waals surface area (Å²) in [5.74, 6) is -0.204. The fraction of sp³-hybridized carbons (Fsp3) is 0.538. The lowest BCUT2D eigenvalue weighted by Crippen LogP contribution is -2.36. The first-order valence-electron chi connectivity index (χ1n) is 6.06. The lowest BCUT2D eigenvalue weighted by molar-refractivity contribution is 0.490. The predicted molar refractivity (Wildman–Crippen MR) is 68.7 cm³/mol. The maximum atomic E-state index is 13.4. The van der Waals surface area contributed by atoms with Crippen molar-refractivity contribution >= 4 is 11.6 Å². The second kappa shape index (κ2) is 5.80. The van der Waals surface area contributed by atoms with E-state index >= 15 is 0 Å². The van der Waals surface area contributed by atoms with Crippen LogP contribution >= 0.6 is 11.6 Å². The molecule has 1 aliphatic carbocycles. The summed E-state index contributed by atoms with van der Waals surface area (Å²) in [6.45, 7) is 3.53. The molecule has 4 heteroatoms. The molecule has 1 fully saturated rings. The smallest absolute Gasteiger partial charge is 0.127 e. The molecule has 0 aliphatic heterocycles. The molecule has 0 heterocycles. The summed E-state index contributed by atoms with van der Waals surface area (Å²) in [5.41, 5.74) is 0.621. The van der Waals surface area contributed by atoms with E-state index in [1.807, 2.05) is 0 Å². The van der Waals surface area contributed by atoms with Crippen LogP contribution in [0, 0.1) is 5.82 Å². The highest BCUT2D eigenvalue weighted by molar-refractivity contribution is 6.30. The molecule has 0 amide bonds. The Morgan fingerprint density at radius 3 is 2.94 bits per heavy atom. The third kappa shape index (κ3) is 4.26. The molecule has 0 bridgehead atoms. The predicted octanol–water partition coefficient (Wildman–Crippen LogP) is 2.71. The minimum absolute atomic E-state index is 0.204. The van der Waals surface area contributed by atoms with Gasteiger partial charge in [-0.05, 0) is 38.0 Å². The first-order valence-corrected chi connectivity index (χ1v) is 6.43. The first-order chi connectivity index (χ1) is 8.15. The van der Waals surface area contributed by atoms with Crippen LogP contribution in [0.2, 0.25) is 5.02 Å². The average molecular weight is 257 g/mol. The molecule has 94 valence electrons. The molecule has 1 aromatic carbocycles. The van der Waals surface area contributed by atoms with Crippen molar-refractivity contribution in [1.29, 1.82) is 0 Å². The van der Waals surface area contributed by atoms with E-state index in [-0.39, 0.29) is 5.82 Å². The highest BCUT2D eigenvalue weighted by atomic mass is 35.5. The van der Waals surface area contributed by atoms with E-state index in [0.29, 0.717) is 29.2 Å². The molecule has 0 saturated heterocycles. The zero-order valence-corrected chi connectivity index (χ0v) is 10.7. The molecule has 0 aromatic heterocycles. The van der Waals surface area contributed by atoms with Crippen molar-refractivity contribution in [2.75, 3.05) is 6.54 Å². The van der Waals surface area contributed by atoms with Crippen LogP contribution in [0.5, 0.6) is 0 Å². The van der Waals surface area contributed by atoms with E-state index in [1.54, 1.807) is 12.1 Å². The monoisotopic (exact) mass is 256 g/mol. The van der Waals surface area contributed by atoms with E-state index in [1.165, 1.54) is 18.9 Å². The third-order valence-corrected chi connectivity index (χ3v) is 3.17. The summed E-state index contributed by atoms with van der Waals surface area (Å²) in [6.07, 6.45) is 2.57. The second-order valence-corrected chi connectivity index (χ2v) is 5.14. The molecule has 1 saturated carbocycles. The quantitative estimate of drug-likeness (QED) is 0.818. The second-order valence-electron chi connectivity index (χ2n) is 4.70. The van der Waals surface area contributed by atoms with Gasteiger partial charge in [-0.3, -0.25) is 0 Å². The van der Waals surface area contributed by atoms with E-state index in [2.05, 4.69) is 17.6 Å². The van der Waals surface area contributed by atoms with Gasteiger partial charge in [-0.1, -0.05) is 11.6 Å². The summed E-state index contributed by atoms with van der Waals surface area (Å²) in [4.78, 5) is 0. The summed E-state index contributed by atoms with van der Waals surface area (Å²) >= 11 is 5.84. The number of nitrogens with one attached hydrogen (secondary N) is 2. The van der Waals surface area contributed by atoms with Crippen molar-refractivity contribution in [3.63, 3.8) is 0 Å². The van der Waals surface area contributed by atoms with Gasteiger partial charge >= 0.3 is 0 Å². The molecular formula is C13H18ClFN2. The Kier molecular flexibility index (Phi) is 4.37. The van der Waals surface area contributed by atoms with E-state index in [4.69, 9.17) is 11.6 Å². The summed E-state index contributed by atoms with van der Waals surface area (Å²) < 4.78 is 13.4. The number of hydrogen-bond donors (Lipinski definition) is 2. The fourth-order valence-electron chi connectivity index (χ4n) is 1.67. The lowest BCUT2D eigenvalue weighted by Gasteiger charge is -2.15. The number of benzene rings is 1. The Hall–Kier alpha value is -0.640. The highest BCUT2D eigenvalue weighted by Gasteiger charge is 2.20. The van der Waals surface area contributed by atoms with Crippen LogP contribution in [0.25, 0.3) is 0 Å². The molecular weight excluding hydrogens is 239 g/mol. The zero-order chi connectivity index (χ0) is 12.3. The van der Waals surface area contributed by atoms with Crippen LogP contribution in [-0.4, -0.2) is 18.6 Å². The Labute approximate surface area is 107 Å². The topological polar surface area (TPSA) is 24.1 Å². The van der Waals surface area contributed by atoms with Crippen LogP contribution in [0.4, 0.5) is 4.39 Å². The number of rotatable bonds is 6. The van der Waals surface area contributed by atoms with Crippen LogP contribution in [0.15, 0.2) is 18.2 Å². The molecule has 0 radical (unpaired) electrons. The number of halogens is 2.